The second-order valence-corrected chi connectivity index (χ2v) is 10.4. The molecule has 180 valence electrons. The zero-order valence-electron chi connectivity index (χ0n) is 19.3. The lowest BCUT2D eigenvalue weighted by Gasteiger charge is -2.09. The molecule has 7 nitrogen and oxygen atoms in total. The summed E-state index contributed by atoms with van der Waals surface area (Å²) >= 11 is 6.13. The monoisotopic (exact) mass is 569 g/mol. The molecule has 1 amide bonds. The van der Waals surface area contributed by atoms with Crippen LogP contribution in [-0.4, -0.2) is 31.4 Å². The standard InChI is InChI=1S/C25H24BrN5O2S2/c1-4-11-31-22(13-33-20-9-7-19(26)8-10-20)29-30-25(31)35-15-23(32)28-24-27-21(14-34-24)18-6-5-16(2)17(3)12-18/h4-10,12,14H,1,11,13,15H2,2-3H3,(H,27,28,32). The zero-order chi connectivity index (χ0) is 24.8. The van der Waals surface area contributed by atoms with Crippen LogP contribution < -0.4 is 10.1 Å². The van der Waals surface area contributed by atoms with E-state index in [0.29, 0.717) is 22.7 Å². The third kappa shape index (κ3) is 6.59. The Bertz CT molecular complexity index is 1330. The molecule has 0 saturated carbocycles. The van der Waals surface area contributed by atoms with Crippen LogP contribution in [0.1, 0.15) is 17.0 Å². The van der Waals surface area contributed by atoms with Gasteiger partial charge in [0.05, 0.1) is 11.4 Å². The lowest BCUT2D eigenvalue weighted by Crippen LogP contribution is -2.15. The first kappa shape index (κ1) is 25.2. The normalized spacial score (nSPS) is 10.8. The molecule has 0 aliphatic rings. The first-order chi connectivity index (χ1) is 16.9. The van der Waals surface area contributed by atoms with Gasteiger partial charge in [0.25, 0.3) is 0 Å². The molecule has 4 aromatic rings. The summed E-state index contributed by atoms with van der Waals surface area (Å²) in [5.74, 6) is 1.42. The van der Waals surface area contributed by atoms with E-state index in [4.69, 9.17) is 4.74 Å². The fraction of sp³-hybridized carbons (Fsp3) is 0.200. The molecule has 35 heavy (non-hydrogen) atoms. The van der Waals surface area contributed by atoms with Gasteiger partial charge in [-0.2, -0.15) is 0 Å². The van der Waals surface area contributed by atoms with Crippen molar-refractivity contribution in [2.75, 3.05) is 11.1 Å². The Labute approximate surface area is 220 Å². The number of amides is 1. The van der Waals surface area contributed by atoms with Gasteiger partial charge in [0.1, 0.15) is 12.4 Å². The molecule has 0 fully saturated rings. The summed E-state index contributed by atoms with van der Waals surface area (Å²) in [4.78, 5) is 17.1. The largest absolute Gasteiger partial charge is 0.486 e. The van der Waals surface area contributed by atoms with Crippen molar-refractivity contribution >= 4 is 50.1 Å². The fourth-order valence-electron chi connectivity index (χ4n) is 3.17. The molecule has 2 aromatic carbocycles. The molecular weight excluding hydrogens is 546 g/mol. The van der Waals surface area contributed by atoms with Crippen LogP contribution in [0.15, 0.2) is 70.1 Å². The third-order valence-corrected chi connectivity index (χ3v) is 7.43. The first-order valence-electron chi connectivity index (χ1n) is 10.8. The molecule has 0 aliphatic carbocycles. The van der Waals surface area contributed by atoms with Gasteiger partial charge in [-0.15, -0.1) is 28.1 Å². The van der Waals surface area contributed by atoms with Crippen LogP contribution in [0.5, 0.6) is 5.75 Å². The minimum absolute atomic E-state index is 0.156. The van der Waals surface area contributed by atoms with Gasteiger partial charge in [0.2, 0.25) is 5.91 Å². The number of nitrogens with one attached hydrogen (secondary N) is 1. The van der Waals surface area contributed by atoms with E-state index in [9.17, 15) is 4.79 Å². The van der Waals surface area contributed by atoms with E-state index in [-0.39, 0.29) is 18.3 Å². The highest BCUT2D eigenvalue weighted by Crippen LogP contribution is 2.27. The van der Waals surface area contributed by atoms with E-state index in [1.165, 1.54) is 34.2 Å². The first-order valence-corrected chi connectivity index (χ1v) is 13.5. The number of halogens is 1. The van der Waals surface area contributed by atoms with Crippen molar-refractivity contribution in [3.05, 3.63) is 81.9 Å². The topological polar surface area (TPSA) is 81.9 Å². The summed E-state index contributed by atoms with van der Waals surface area (Å²) < 4.78 is 8.71. The minimum Gasteiger partial charge on any atom is -0.486 e. The van der Waals surface area contributed by atoms with Crippen molar-refractivity contribution in [1.29, 1.82) is 0 Å². The van der Waals surface area contributed by atoms with Crippen molar-refractivity contribution in [2.45, 2.75) is 32.2 Å². The molecule has 0 bridgehead atoms. The number of ether oxygens (including phenoxy) is 1. The second-order valence-electron chi connectivity index (χ2n) is 7.71. The van der Waals surface area contributed by atoms with E-state index in [2.05, 4.69) is 69.0 Å². The molecule has 1 N–H and O–H groups in total. The van der Waals surface area contributed by atoms with Crippen molar-refractivity contribution < 1.29 is 9.53 Å². The Morgan fingerprint density at radius 2 is 2.00 bits per heavy atom. The summed E-state index contributed by atoms with van der Waals surface area (Å²) in [5.41, 5.74) is 4.33. The quantitative estimate of drug-likeness (QED) is 0.179. The summed E-state index contributed by atoms with van der Waals surface area (Å²) in [6.45, 7) is 8.75. The summed E-state index contributed by atoms with van der Waals surface area (Å²) in [5, 5.41) is 14.5. The Kier molecular flexibility index (Phi) is 8.37. The van der Waals surface area contributed by atoms with E-state index >= 15 is 0 Å². The highest BCUT2D eigenvalue weighted by atomic mass is 79.9. The van der Waals surface area contributed by atoms with Gasteiger partial charge in [0, 0.05) is 22.0 Å². The number of aryl methyl sites for hydroxylation is 2. The van der Waals surface area contributed by atoms with Crippen LogP contribution in [0.3, 0.4) is 0 Å². The van der Waals surface area contributed by atoms with Gasteiger partial charge >= 0.3 is 0 Å². The third-order valence-electron chi connectivity index (χ3n) is 5.17. The number of hydrogen-bond acceptors (Lipinski definition) is 7. The van der Waals surface area contributed by atoms with Crippen LogP contribution in [0.2, 0.25) is 0 Å². The molecule has 0 unspecified atom stereocenters. The lowest BCUT2D eigenvalue weighted by molar-refractivity contribution is -0.113. The summed E-state index contributed by atoms with van der Waals surface area (Å²) in [6.07, 6.45) is 1.76. The zero-order valence-corrected chi connectivity index (χ0v) is 22.5. The molecule has 4 rings (SSSR count). The highest BCUT2D eigenvalue weighted by Gasteiger charge is 2.15. The van der Waals surface area contributed by atoms with Gasteiger partial charge in [-0.25, -0.2) is 4.98 Å². The maximum Gasteiger partial charge on any atom is 0.236 e. The second kappa shape index (κ2) is 11.7. The molecule has 10 heteroatoms. The number of allylic oxidation sites excluding steroid dienone is 1. The van der Waals surface area contributed by atoms with Crippen LogP contribution in [0.4, 0.5) is 5.13 Å². The van der Waals surface area contributed by atoms with Crippen LogP contribution in [0.25, 0.3) is 11.3 Å². The molecule has 0 spiro atoms. The number of thiazole rings is 1. The van der Waals surface area contributed by atoms with Crippen LogP contribution in [-0.2, 0) is 17.9 Å². The number of rotatable bonds is 10. The number of anilines is 1. The van der Waals surface area contributed by atoms with E-state index in [1.54, 1.807) is 6.08 Å². The van der Waals surface area contributed by atoms with Crippen molar-refractivity contribution in [3.63, 3.8) is 0 Å². The van der Waals surface area contributed by atoms with Crippen molar-refractivity contribution in [1.82, 2.24) is 19.7 Å². The average Bonchev–Trinajstić information content (AvgIpc) is 3.46. The maximum atomic E-state index is 12.6. The predicted octanol–water partition coefficient (Wildman–Crippen LogP) is 6.28. The Balaban J connectivity index is 1.35. The van der Waals surface area contributed by atoms with E-state index < -0.39 is 0 Å². The van der Waals surface area contributed by atoms with E-state index in [0.717, 1.165) is 21.5 Å². The molecule has 0 radical (unpaired) electrons. The van der Waals surface area contributed by atoms with Gasteiger partial charge in [-0.1, -0.05) is 45.9 Å². The Hall–Kier alpha value is -2.95. The number of benzene rings is 2. The lowest BCUT2D eigenvalue weighted by atomic mass is 10.1. The number of hydrogen-bond donors (Lipinski definition) is 1. The maximum absolute atomic E-state index is 12.6. The SMILES string of the molecule is C=CCn1c(COc2ccc(Br)cc2)nnc1SCC(=O)Nc1nc(-c2ccc(C)c(C)c2)cs1. The number of carbonyl (C=O) groups excluding carboxylic acids is 1. The van der Waals surface area contributed by atoms with Gasteiger partial charge in [-0.3, -0.25) is 9.36 Å². The molecule has 0 atom stereocenters. The Morgan fingerprint density at radius 3 is 2.74 bits per heavy atom. The summed E-state index contributed by atoms with van der Waals surface area (Å²) in [6, 6.07) is 13.8. The van der Waals surface area contributed by atoms with Gasteiger partial charge in [0.15, 0.2) is 16.1 Å². The molecule has 0 saturated heterocycles. The van der Waals surface area contributed by atoms with Crippen molar-refractivity contribution in [2.24, 2.45) is 0 Å². The molecular formula is C25H24BrN5O2S2. The number of aromatic nitrogens is 4. The van der Waals surface area contributed by atoms with E-state index in [1.807, 2.05) is 40.3 Å². The predicted molar refractivity (Wildman–Crippen MR) is 145 cm³/mol. The van der Waals surface area contributed by atoms with Crippen LogP contribution >= 0.6 is 39.0 Å². The number of thioether (sulfide) groups is 1. The van der Waals surface area contributed by atoms with Gasteiger partial charge < -0.3 is 10.1 Å². The average molecular weight is 571 g/mol. The molecule has 0 aliphatic heterocycles. The molecule has 2 heterocycles. The molecule has 2 aromatic heterocycles. The minimum atomic E-state index is -0.156. The van der Waals surface area contributed by atoms with Crippen molar-refractivity contribution in [3.8, 4) is 17.0 Å². The highest BCUT2D eigenvalue weighted by molar-refractivity contribution is 9.10. The Morgan fingerprint density at radius 1 is 1.20 bits per heavy atom. The van der Waals surface area contributed by atoms with Gasteiger partial charge in [-0.05, 0) is 55.3 Å². The number of carbonyl (C=O) groups is 1. The fourth-order valence-corrected chi connectivity index (χ4v) is 4.94. The number of nitrogens with zero attached hydrogens (tertiary/aromatic N) is 4. The smallest absolute Gasteiger partial charge is 0.236 e. The summed E-state index contributed by atoms with van der Waals surface area (Å²) in [7, 11) is 0. The van der Waals surface area contributed by atoms with Crippen LogP contribution in [0, 0.1) is 13.8 Å².